The van der Waals surface area contributed by atoms with Crippen LogP contribution in [0.4, 0.5) is 0 Å². The highest BCUT2D eigenvalue weighted by molar-refractivity contribution is 5.77. The molecule has 0 spiro atoms. The molecule has 0 unspecified atom stereocenters. The molecule has 0 saturated carbocycles. The summed E-state index contributed by atoms with van der Waals surface area (Å²) in [5, 5.41) is 8.67. The number of hydrogen-bond donors (Lipinski definition) is 1. The summed E-state index contributed by atoms with van der Waals surface area (Å²) < 4.78 is 5.13. The average molecular weight is 279 g/mol. The number of nitrogens with zero attached hydrogens (tertiary/aromatic N) is 1. The molecular weight excluding hydrogens is 258 g/mol. The van der Waals surface area contributed by atoms with Crippen molar-refractivity contribution in [3.63, 3.8) is 0 Å². The zero-order chi connectivity index (χ0) is 14.8. The molecule has 20 heavy (non-hydrogen) atoms. The summed E-state index contributed by atoms with van der Waals surface area (Å²) in [6.45, 7) is 3.26. The molecule has 1 rings (SSSR count). The van der Waals surface area contributed by atoms with E-state index in [9.17, 15) is 9.59 Å². The molecule has 0 aliphatic heterocycles. The van der Waals surface area contributed by atoms with Gasteiger partial charge in [0.1, 0.15) is 6.61 Å². The second kappa shape index (κ2) is 9.09. The molecule has 1 amide bonds. The van der Waals surface area contributed by atoms with Crippen LogP contribution < -0.4 is 0 Å². The van der Waals surface area contributed by atoms with Crippen molar-refractivity contribution in [2.75, 3.05) is 19.8 Å². The Hall–Kier alpha value is -1.88. The van der Waals surface area contributed by atoms with Gasteiger partial charge in [-0.2, -0.15) is 0 Å². The van der Waals surface area contributed by atoms with Gasteiger partial charge in [-0.1, -0.05) is 30.3 Å². The van der Waals surface area contributed by atoms with Gasteiger partial charge in [0.05, 0.1) is 0 Å². The molecule has 0 aliphatic carbocycles. The van der Waals surface area contributed by atoms with Gasteiger partial charge in [-0.25, -0.2) is 0 Å². The zero-order valence-corrected chi connectivity index (χ0v) is 11.7. The number of carbonyl (C=O) groups excluding carboxylic acids is 1. The van der Waals surface area contributed by atoms with Crippen LogP contribution in [-0.2, 0) is 20.9 Å². The topological polar surface area (TPSA) is 66.8 Å². The monoisotopic (exact) mass is 279 g/mol. The molecule has 0 aliphatic rings. The van der Waals surface area contributed by atoms with Crippen molar-refractivity contribution < 1.29 is 19.4 Å². The van der Waals surface area contributed by atoms with Crippen LogP contribution in [0.3, 0.4) is 0 Å². The normalized spacial score (nSPS) is 10.2. The number of ether oxygens (including phenoxy) is 1. The first-order valence-electron chi connectivity index (χ1n) is 6.74. The minimum Gasteiger partial charge on any atom is -0.481 e. The highest BCUT2D eigenvalue weighted by atomic mass is 16.5. The Balaban J connectivity index is 2.58. The maximum Gasteiger partial charge on any atom is 0.303 e. The van der Waals surface area contributed by atoms with Crippen LogP contribution >= 0.6 is 0 Å². The quantitative estimate of drug-likeness (QED) is 0.750. The molecule has 5 heteroatoms. The first-order chi connectivity index (χ1) is 9.63. The van der Waals surface area contributed by atoms with E-state index in [0.29, 0.717) is 26.1 Å². The molecule has 0 radical (unpaired) electrons. The van der Waals surface area contributed by atoms with E-state index in [2.05, 4.69) is 0 Å². The standard InChI is InChI=1S/C15H21NO4/c1-2-20-12-14(17)16(10-6-9-15(18)19)11-13-7-4-3-5-8-13/h3-5,7-8H,2,6,9-12H2,1H3,(H,18,19). The number of benzene rings is 1. The lowest BCUT2D eigenvalue weighted by atomic mass is 10.2. The molecule has 1 aromatic rings. The molecule has 0 atom stereocenters. The van der Waals surface area contributed by atoms with E-state index in [4.69, 9.17) is 9.84 Å². The smallest absolute Gasteiger partial charge is 0.303 e. The van der Waals surface area contributed by atoms with Crippen LogP contribution in [0.15, 0.2) is 30.3 Å². The lowest BCUT2D eigenvalue weighted by Crippen LogP contribution is -2.34. The Bertz CT molecular complexity index is 419. The maximum absolute atomic E-state index is 12.0. The summed E-state index contributed by atoms with van der Waals surface area (Å²) >= 11 is 0. The third-order valence-corrected chi connectivity index (χ3v) is 2.82. The van der Waals surface area contributed by atoms with Crippen molar-refractivity contribution in [2.24, 2.45) is 0 Å². The third-order valence-electron chi connectivity index (χ3n) is 2.82. The number of carboxylic acid groups (broad SMARTS) is 1. The van der Waals surface area contributed by atoms with Gasteiger partial charge in [0.15, 0.2) is 0 Å². The number of rotatable bonds is 9. The van der Waals surface area contributed by atoms with Gasteiger partial charge in [0.25, 0.3) is 0 Å². The summed E-state index contributed by atoms with van der Waals surface area (Å²) in [6.07, 6.45) is 0.507. The molecule has 0 aromatic heterocycles. The van der Waals surface area contributed by atoms with Crippen molar-refractivity contribution in [1.29, 1.82) is 0 Å². The van der Waals surface area contributed by atoms with E-state index < -0.39 is 5.97 Å². The van der Waals surface area contributed by atoms with Crippen molar-refractivity contribution in [3.05, 3.63) is 35.9 Å². The fraction of sp³-hybridized carbons (Fsp3) is 0.467. The second-order valence-corrected chi connectivity index (χ2v) is 4.44. The first kappa shape index (κ1) is 16.2. The van der Waals surface area contributed by atoms with Crippen LogP contribution in [-0.4, -0.2) is 41.6 Å². The Morgan fingerprint density at radius 3 is 2.55 bits per heavy atom. The molecule has 0 heterocycles. The minimum absolute atomic E-state index is 0.0381. The van der Waals surface area contributed by atoms with Crippen molar-refractivity contribution >= 4 is 11.9 Å². The minimum atomic E-state index is -0.845. The van der Waals surface area contributed by atoms with Gasteiger partial charge >= 0.3 is 5.97 Å². The van der Waals surface area contributed by atoms with Crippen molar-refractivity contribution in [2.45, 2.75) is 26.3 Å². The van der Waals surface area contributed by atoms with Crippen molar-refractivity contribution in [3.8, 4) is 0 Å². The van der Waals surface area contributed by atoms with Gasteiger partial charge < -0.3 is 14.7 Å². The predicted octanol–water partition coefficient (Wildman–Crippen LogP) is 1.92. The molecule has 1 aromatic carbocycles. The number of carboxylic acids is 1. The van der Waals surface area contributed by atoms with Crippen LogP contribution in [0.1, 0.15) is 25.3 Å². The third kappa shape index (κ3) is 6.33. The van der Waals surface area contributed by atoms with Gasteiger partial charge in [-0.3, -0.25) is 9.59 Å². The van der Waals surface area contributed by atoms with E-state index in [1.807, 2.05) is 37.3 Å². The molecule has 1 N–H and O–H groups in total. The van der Waals surface area contributed by atoms with E-state index in [-0.39, 0.29) is 18.9 Å². The van der Waals surface area contributed by atoms with Crippen LogP contribution in [0.2, 0.25) is 0 Å². The summed E-state index contributed by atoms with van der Waals surface area (Å²) in [5.74, 6) is -0.956. The SMILES string of the molecule is CCOCC(=O)N(CCCC(=O)O)Cc1ccccc1. The summed E-state index contributed by atoms with van der Waals surface area (Å²) in [5.41, 5.74) is 1.02. The van der Waals surface area contributed by atoms with E-state index in [0.717, 1.165) is 5.56 Å². The largest absolute Gasteiger partial charge is 0.481 e. The molecule has 110 valence electrons. The summed E-state index contributed by atoms with van der Waals surface area (Å²) in [4.78, 5) is 24.2. The Labute approximate surface area is 119 Å². The van der Waals surface area contributed by atoms with Gasteiger partial charge in [0.2, 0.25) is 5.91 Å². The summed E-state index contributed by atoms with van der Waals surface area (Å²) in [6, 6.07) is 9.63. The number of carbonyl (C=O) groups is 2. The maximum atomic E-state index is 12.0. The molecule has 0 fully saturated rings. The zero-order valence-electron chi connectivity index (χ0n) is 11.7. The Kier molecular flexibility index (Phi) is 7.35. The molecule has 0 bridgehead atoms. The average Bonchev–Trinajstić information content (AvgIpc) is 2.44. The number of hydrogen-bond acceptors (Lipinski definition) is 3. The lowest BCUT2D eigenvalue weighted by Gasteiger charge is -2.22. The molecule has 0 saturated heterocycles. The highest BCUT2D eigenvalue weighted by Crippen LogP contribution is 2.07. The van der Waals surface area contributed by atoms with Gasteiger partial charge in [0, 0.05) is 26.1 Å². The van der Waals surface area contributed by atoms with Crippen LogP contribution in [0.5, 0.6) is 0 Å². The lowest BCUT2D eigenvalue weighted by molar-refractivity contribution is -0.139. The second-order valence-electron chi connectivity index (χ2n) is 4.44. The van der Waals surface area contributed by atoms with E-state index >= 15 is 0 Å². The van der Waals surface area contributed by atoms with Crippen LogP contribution in [0, 0.1) is 0 Å². The number of amides is 1. The van der Waals surface area contributed by atoms with E-state index in [1.54, 1.807) is 4.90 Å². The predicted molar refractivity (Wildman–Crippen MR) is 75.2 cm³/mol. The van der Waals surface area contributed by atoms with E-state index in [1.165, 1.54) is 0 Å². The molecule has 5 nitrogen and oxygen atoms in total. The Morgan fingerprint density at radius 2 is 1.95 bits per heavy atom. The Morgan fingerprint density at radius 1 is 1.25 bits per heavy atom. The molecular formula is C15H21NO4. The number of aliphatic carboxylic acids is 1. The fourth-order valence-electron chi connectivity index (χ4n) is 1.80. The van der Waals surface area contributed by atoms with Crippen molar-refractivity contribution in [1.82, 2.24) is 4.90 Å². The highest BCUT2D eigenvalue weighted by Gasteiger charge is 2.14. The van der Waals surface area contributed by atoms with Gasteiger partial charge in [-0.15, -0.1) is 0 Å². The van der Waals surface area contributed by atoms with Crippen LogP contribution in [0.25, 0.3) is 0 Å². The van der Waals surface area contributed by atoms with Gasteiger partial charge in [-0.05, 0) is 18.9 Å². The fourth-order valence-corrected chi connectivity index (χ4v) is 1.80. The summed E-state index contributed by atoms with van der Waals surface area (Å²) in [7, 11) is 0. The first-order valence-corrected chi connectivity index (χ1v) is 6.74.